The molecule has 5 heteroatoms. The van der Waals surface area contributed by atoms with E-state index in [0.29, 0.717) is 5.92 Å². The Morgan fingerprint density at radius 1 is 0.929 bits per heavy atom. The predicted molar refractivity (Wildman–Crippen MR) is 179 cm³/mol. The molecule has 0 aliphatic heterocycles. The van der Waals surface area contributed by atoms with Crippen molar-refractivity contribution in [2.45, 2.75) is 74.0 Å². The van der Waals surface area contributed by atoms with Gasteiger partial charge in [0.1, 0.15) is 0 Å². The van der Waals surface area contributed by atoms with Gasteiger partial charge in [-0.25, -0.2) is 0 Å². The first kappa shape index (κ1) is 35.3. The quantitative estimate of drug-likeness (QED) is 0.0923. The average molecular weight is 757 g/mol. The van der Waals surface area contributed by atoms with E-state index in [-0.39, 0.29) is 37.6 Å². The molecule has 0 amide bonds. The topological polar surface area (TPSA) is 50.2 Å². The minimum absolute atomic E-state index is 0. The number of nitrogens with zero attached hydrogens (tertiary/aromatic N) is 1. The van der Waals surface area contributed by atoms with E-state index in [4.69, 9.17) is 4.98 Å². The number of aromatic nitrogens is 1. The number of aliphatic hydroxyl groups is 1. The van der Waals surface area contributed by atoms with Crippen LogP contribution in [0.2, 0.25) is 19.6 Å². The Hall–Kier alpha value is -2.85. The summed E-state index contributed by atoms with van der Waals surface area (Å²) in [5.41, 5.74) is 6.44. The zero-order valence-electron chi connectivity index (χ0n) is 26.8. The second-order valence-corrected chi connectivity index (χ2v) is 18.5. The fraction of sp³-hybridized carbons (Fsp3) is 0.351. The SMILES string of the molecule is CC(C)/C(O)=C/C(=O)C(C)(C)C.CC(C)c1c[c-]c(-c2cc(-c3ccccc3)c3cc([Si](C)(C)C)ccc3n2)cc1.[Ir]. The molecule has 4 rings (SSSR count). The molecule has 4 aromatic rings. The zero-order chi connectivity index (χ0) is 30.5. The van der Waals surface area contributed by atoms with E-state index in [2.05, 4.69) is 112 Å². The van der Waals surface area contributed by atoms with E-state index >= 15 is 0 Å². The summed E-state index contributed by atoms with van der Waals surface area (Å²) in [4.78, 5) is 16.4. The number of aliphatic hydroxyl groups excluding tert-OH is 1. The van der Waals surface area contributed by atoms with E-state index in [1.807, 2.05) is 34.6 Å². The monoisotopic (exact) mass is 757 g/mol. The Labute approximate surface area is 267 Å². The number of benzene rings is 3. The van der Waals surface area contributed by atoms with Crippen LogP contribution in [0.3, 0.4) is 0 Å². The summed E-state index contributed by atoms with van der Waals surface area (Å²) in [5.74, 6) is 0.657. The molecule has 0 atom stereocenters. The first-order valence-corrected chi connectivity index (χ1v) is 18.1. The summed E-state index contributed by atoms with van der Waals surface area (Å²) in [6.45, 7) is 20.8. The molecular formula is C37H46IrNO2Si-. The fourth-order valence-corrected chi connectivity index (χ4v) is 5.32. The maximum atomic E-state index is 11.3. The number of hydrogen-bond acceptors (Lipinski definition) is 3. The van der Waals surface area contributed by atoms with Crippen molar-refractivity contribution in [1.82, 2.24) is 4.98 Å². The number of rotatable bonds is 6. The van der Waals surface area contributed by atoms with E-state index in [9.17, 15) is 9.90 Å². The van der Waals surface area contributed by atoms with Crippen LogP contribution in [0.5, 0.6) is 0 Å². The minimum Gasteiger partial charge on any atom is -0.512 e. The van der Waals surface area contributed by atoms with Gasteiger partial charge in [0, 0.05) is 42.9 Å². The molecular weight excluding hydrogens is 711 g/mol. The maximum absolute atomic E-state index is 11.3. The number of ketones is 1. The third-order valence-electron chi connectivity index (χ3n) is 7.15. The van der Waals surface area contributed by atoms with Crippen molar-refractivity contribution in [3.8, 4) is 22.4 Å². The van der Waals surface area contributed by atoms with Gasteiger partial charge in [0.15, 0.2) is 5.78 Å². The fourth-order valence-electron chi connectivity index (χ4n) is 4.16. The van der Waals surface area contributed by atoms with Crippen LogP contribution in [-0.4, -0.2) is 23.9 Å². The molecule has 1 aromatic heterocycles. The summed E-state index contributed by atoms with van der Waals surface area (Å²) in [6.07, 6.45) is 1.32. The molecule has 1 radical (unpaired) electrons. The Morgan fingerprint density at radius 3 is 2.07 bits per heavy atom. The maximum Gasteiger partial charge on any atom is 0.164 e. The number of pyridine rings is 1. The molecule has 225 valence electrons. The second-order valence-electron chi connectivity index (χ2n) is 13.4. The van der Waals surface area contributed by atoms with Gasteiger partial charge in [-0.1, -0.05) is 128 Å². The molecule has 0 saturated carbocycles. The standard InChI is InChI=1S/C27H28NSi.C10H18O2.Ir/c1-19(2)20-11-13-22(14-12-20)27-18-24(21-9-7-6-8-10-21)25-17-23(29(3,4)5)15-16-26(25)28-27;1-7(2)8(11)6-9(12)10(3,4)5;/h6-13,15-19H,1-5H3;6-7,11H,1-5H3;/q-1;;/b;8-6-;. The van der Waals surface area contributed by atoms with Crippen LogP contribution in [0.1, 0.15) is 59.9 Å². The van der Waals surface area contributed by atoms with Crippen molar-refractivity contribution in [1.29, 1.82) is 0 Å². The number of carbonyl (C=O) groups excluding carboxylic acids is 1. The third kappa shape index (κ3) is 9.32. The van der Waals surface area contributed by atoms with Crippen LogP contribution in [0.25, 0.3) is 33.3 Å². The van der Waals surface area contributed by atoms with Crippen molar-refractivity contribution in [2.24, 2.45) is 11.3 Å². The van der Waals surface area contributed by atoms with Gasteiger partial charge < -0.3 is 5.11 Å². The van der Waals surface area contributed by atoms with Crippen LogP contribution in [0.15, 0.2) is 84.6 Å². The molecule has 0 bridgehead atoms. The van der Waals surface area contributed by atoms with Crippen LogP contribution in [0.4, 0.5) is 0 Å². The van der Waals surface area contributed by atoms with Gasteiger partial charge in [-0.2, -0.15) is 0 Å². The number of hydrogen-bond donors (Lipinski definition) is 1. The van der Waals surface area contributed by atoms with Gasteiger partial charge in [-0.3, -0.25) is 9.78 Å². The Balaban J connectivity index is 0.000000405. The van der Waals surface area contributed by atoms with Gasteiger partial charge in [-0.05, 0) is 22.9 Å². The predicted octanol–water partition coefficient (Wildman–Crippen LogP) is 9.73. The van der Waals surface area contributed by atoms with Crippen LogP contribution in [0, 0.1) is 17.4 Å². The molecule has 1 heterocycles. The van der Waals surface area contributed by atoms with Crippen molar-refractivity contribution in [2.75, 3.05) is 0 Å². The number of carbonyl (C=O) groups is 1. The number of fused-ring (bicyclic) bond motifs is 1. The molecule has 3 aromatic carbocycles. The van der Waals surface area contributed by atoms with Crippen LogP contribution in [-0.2, 0) is 24.9 Å². The molecule has 3 nitrogen and oxygen atoms in total. The first-order chi connectivity index (χ1) is 19.1. The number of allylic oxidation sites excluding steroid dienone is 2. The van der Waals surface area contributed by atoms with Crippen molar-refractivity contribution < 1.29 is 30.0 Å². The first-order valence-electron chi connectivity index (χ1n) is 14.6. The molecule has 0 aliphatic rings. The normalized spacial score (nSPS) is 12.1. The van der Waals surface area contributed by atoms with E-state index in [1.165, 1.54) is 33.3 Å². The van der Waals surface area contributed by atoms with Crippen LogP contribution >= 0.6 is 0 Å². The summed E-state index contributed by atoms with van der Waals surface area (Å²) >= 11 is 0. The van der Waals surface area contributed by atoms with Gasteiger partial charge in [-0.15, -0.1) is 35.4 Å². The van der Waals surface area contributed by atoms with Crippen LogP contribution < -0.4 is 5.19 Å². The Kier molecular flexibility index (Phi) is 12.2. The van der Waals surface area contributed by atoms with E-state index in [1.54, 1.807) is 0 Å². The summed E-state index contributed by atoms with van der Waals surface area (Å²) < 4.78 is 0. The third-order valence-corrected chi connectivity index (χ3v) is 9.19. The van der Waals surface area contributed by atoms with E-state index < -0.39 is 13.5 Å². The second kappa shape index (κ2) is 14.6. The smallest absolute Gasteiger partial charge is 0.164 e. The van der Waals surface area contributed by atoms with Gasteiger partial charge >= 0.3 is 0 Å². The minimum atomic E-state index is -1.40. The van der Waals surface area contributed by atoms with Gasteiger partial charge in [0.25, 0.3) is 0 Å². The molecule has 0 spiro atoms. The van der Waals surface area contributed by atoms with Crippen molar-refractivity contribution >= 4 is 29.9 Å². The van der Waals surface area contributed by atoms with Crippen molar-refractivity contribution in [3.63, 3.8) is 0 Å². The molecule has 0 saturated heterocycles. The summed E-state index contributed by atoms with van der Waals surface area (Å²) in [6, 6.07) is 29.6. The van der Waals surface area contributed by atoms with E-state index in [0.717, 1.165) is 16.8 Å². The largest absolute Gasteiger partial charge is 0.512 e. The zero-order valence-corrected chi connectivity index (χ0v) is 30.2. The molecule has 42 heavy (non-hydrogen) atoms. The molecule has 0 unspecified atom stereocenters. The van der Waals surface area contributed by atoms with Gasteiger partial charge in [0.2, 0.25) is 0 Å². The Bertz CT molecular complexity index is 1510. The van der Waals surface area contributed by atoms with Crippen molar-refractivity contribution in [3.05, 3.63) is 96.3 Å². The summed E-state index contributed by atoms with van der Waals surface area (Å²) in [5, 5.41) is 12.0. The van der Waals surface area contributed by atoms with Gasteiger partial charge in [0.05, 0.1) is 19.3 Å². The summed E-state index contributed by atoms with van der Waals surface area (Å²) in [7, 11) is -1.40. The Morgan fingerprint density at radius 2 is 1.57 bits per heavy atom. The molecule has 0 fully saturated rings. The molecule has 1 N–H and O–H groups in total. The average Bonchev–Trinajstić information content (AvgIpc) is 2.92. The molecule has 0 aliphatic carbocycles.